The molecule has 2 aromatic heterocycles. The Morgan fingerprint density at radius 2 is 1.00 bits per heavy atom. The van der Waals surface area contributed by atoms with Gasteiger partial charge >= 0.3 is 24.5 Å². The molecule has 6 unspecified atom stereocenters. The predicted molar refractivity (Wildman–Crippen MR) is 210 cm³/mol. The Morgan fingerprint density at radius 1 is 0.661 bits per heavy atom. The molecule has 62 heavy (non-hydrogen) atoms. The number of alkyl carbamates (subject to hydrolysis) is 2. The minimum Gasteiger partial charge on any atom is -0.453 e. The molecule has 14 nitrogen and oxygen atoms in total. The molecule has 1 aromatic carbocycles. The van der Waals surface area contributed by atoms with Gasteiger partial charge in [-0.25, -0.2) is 19.6 Å². The van der Waals surface area contributed by atoms with Crippen LogP contribution in [0.1, 0.15) is 112 Å². The van der Waals surface area contributed by atoms with Gasteiger partial charge < -0.3 is 39.9 Å². The van der Waals surface area contributed by atoms with Crippen molar-refractivity contribution in [1.29, 1.82) is 0 Å². The van der Waals surface area contributed by atoms with Crippen molar-refractivity contribution < 1.29 is 55.0 Å². The molecule has 0 aliphatic carbocycles. The quantitative estimate of drug-likeness (QED) is 0.146. The van der Waals surface area contributed by atoms with E-state index in [0.717, 1.165) is 14.2 Å². The Hall–Kier alpha value is -6.18. The largest absolute Gasteiger partial charge is 0.453 e. The normalized spacial score (nSPS) is 19.9. The van der Waals surface area contributed by atoms with E-state index < -0.39 is 83.3 Å². The van der Waals surface area contributed by atoms with Gasteiger partial charge in [0.05, 0.1) is 26.3 Å². The Morgan fingerprint density at radius 3 is 1.29 bits per heavy atom. The van der Waals surface area contributed by atoms with E-state index in [0.29, 0.717) is 12.8 Å². The maximum absolute atomic E-state index is 14.3. The summed E-state index contributed by atoms with van der Waals surface area (Å²) < 4.78 is 94.8. The molecule has 2 fully saturated rings. The molecule has 4 amide bonds. The molecule has 334 valence electrons. The first-order valence-electron chi connectivity index (χ1n) is 19.8. The first kappa shape index (κ1) is 46.9. The molecular weight excluding hydrogens is 826 g/mol. The molecule has 4 N–H and O–H groups in total. The van der Waals surface area contributed by atoms with Gasteiger partial charge in [-0.3, -0.25) is 9.59 Å². The Kier molecular flexibility index (Phi) is 14.2. The van der Waals surface area contributed by atoms with Crippen LogP contribution in [0.4, 0.5) is 35.9 Å². The fourth-order valence-electron chi connectivity index (χ4n) is 7.45. The molecule has 0 spiro atoms. The van der Waals surface area contributed by atoms with E-state index >= 15 is 0 Å². The summed E-state index contributed by atoms with van der Waals surface area (Å²) in [6.07, 6.45) is -10.9. The van der Waals surface area contributed by atoms with Crippen molar-refractivity contribution in [2.45, 2.75) is 90.9 Å². The van der Waals surface area contributed by atoms with Crippen LogP contribution in [-0.4, -0.2) is 93.1 Å². The molecule has 0 radical (unpaired) electrons. The van der Waals surface area contributed by atoms with Crippen molar-refractivity contribution in [1.82, 2.24) is 40.4 Å². The zero-order valence-corrected chi connectivity index (χ0v) is 35.3. The third-order valence-electron chi connectivity index (χ3n) is 10.5. The number of ether oxygens (including phenoxy) is 2. The molecule has 2 saturated heterocycles. The number of aromatic nitrogens is 4. The van der Waals surface area contributed by atoms with Crippen LogP contribution in [0.5, 0.6) is 0 Å². The molecule has 20 heteroatoms. The fourth-order valence-corrected chi connectivity index (χ4v) is 7.45. The van der Waals surface area contributed by atoms with E-state index in [-0.39, 0.29) is 59.5 Å². The lowest BCUT2D eigenvalue weighted by atomic mass is 10.0. The van der Waals surface area contributed by atoms with Crippen molar-refractivity contribution in [3.8, 4) is 23.7 Å². The van der Waals surface area contributed by atoms with Crippen LogP contribution in [0.3, 0.4) is 0 Å². The summed E-state index contributed by atoms with van der Waals surface area (Å²) in [6.45, 7) is 10.9. The van der Waals surface area contributed by atoms with Gasteiger partial charge in [0.15, 0.2) is 11.4 Å². The van der Waals surface area contributed by atoms with Crippen LogP contribution < -0.4 is 10.6 Å². The smallest absolute Gasteiger partial charge is 0.436 e. The van der Waals surface area contributed by atoms with E-state index in [9.17, 15) is 45.5 Å². The predicted octanol–water partition coefficient (Wildman–Crippen LogP) is 6.55. The van der Waals surface area contributed by atoms with Crippen molar-refractivity contribution in [2.24, 2.45) is 23.7 Å². The van der Waals surface area contributed by atoms with Crippen molar-refractivity contribution >= 4 is 24.0 Å². The second-order valence-electron chi connectivity index (χ2n) is 16.2. The van der Waals surface area contributed by atoms with Crippen molar-refractivity contribution in [2.75, 3.05) is 27.3 Å². The second-order valence-corrected chi connectivity index (χ2v) is 16.2. The number of H-pyrrole nitrogens is 2. The lowest BCUT2D eigenvalue weighted by Crippen LogP contribution is -2.51. The lowest BCUT2D eigenvalue weighted by Gasteiger charge is -2.30. The van der Waals surface area contributed by atoms with Gasteiger partial charge in [-0.2, -0.15) is 26.3 Å². The van der Waals surface area contributed by atoms with E-state index in [1.807, 2.05) is 13.8 Å². The second kappa shape index (κ2) is 18.8. The number of nitrogens with one attached hydrogen (secondary N) is 4. The Balaban J connectivity index is 1.39. The van der Waals surface area contributed by atoms with Crippen LogP contribution in [0.25, 0.3) is 0 Å². The first-order valence-corrected chi connectivity index (χ1v) is 19.8. The van der Waals surface area contributed by atoms with Gasteiger partial charge in [-0.05, 0) is 72.6 Å². The third kappa shape index (κ3) is 10.8. The summed E-state index contributed by atoms with van der Waals surface area (Å²) in [6, 6.07) is 1.98. The summed E-state index contributed by atoms with van der Waals surface area (Å²) in [7, 11) is 2.30. The van der Waals surface area contributed by atoms with Gasteiger partial charge in [0.25, 0.3) is 0 Å². The number of carbonyl (C=O) groups is 4. The molecule has 2 aliphatic heterocycles. The number of carbonyl (C=O) groups excluding carboxylic acids is 4. The molecule has 4 heterocycles. The zero-order valence-electron chi connectivity index (χ0n) is 35.3. The van der Waals surface area contributed by atoms with Crippen LogP contribution in [0, 0.1) is 47.4 Å². The zero-order chi connectivity index (χ0) is 45.8. The SMILES string of the molecule is COC(=O)NC(C(=O)N1CC(C)CC1c1nc(C(F)(F)F)c(C#Cc2ccc(C#Cc3[nH]c(C4CC(C)CN4C(=O)C(NC(=O)OC)C(C)C)nc3C(F)(F)F)cc2)[nH]1)C(C)C. The molecular formula is C42H48F6N8O6. The minimum atomic E-state index is -4.91. The topological polar surface area (TPSA) is 175 Å². The number of imidazole rings is 2. The van der Waals surface area contributed by atoms with Crippen LogP contribution in [-0.2, 0) is 31.4 Å². The number of halogens is 6. The molecule has 2 aliphatic rings. The number of amides is 4. The highest BCUT2D eigenvalue weighted by Crippen LogP contribution is 2.40. The van der Waals surface area contributed by atoms with Gasteiger partial charge in [0.1, 0.15) is 35.1 Å². The van der Waals surface area contributed by atoms with Crippen LogP contribution in [0.15, 0.2) is 24.3 Å². The highest BCUT2D eigenvalue weighted by atomic mass is 19.4. The number of aromatic amines is 2. The van der Waals surface area contributed by atoms with Gasteiger partial charge in [-0.15, -0.1) is 0 Å². The number of alkyl halides is 6. The maximum atomic E-state index is 14.3. The average molecular weight is 875 g/mol. The summed E-state index contributed by atoms with van der Waals surface area (Å²) in [5.74, 6) is 8.09. The van der Waals surface area contributed by atoms with E-state index in [2.05, 4.69) is 63.7 Å². The summed E-state index contributed by atoms with van der Waals surface area (Å²) in [5.41, 5.74) is -3.13. The molecule has 0 bridgehead atoms. The number of rotatable bonds is 8. The highest BCUT2D eigenvalue weighted by Gasteiger charge is 2.45. The lowest BCUT2D eigenvalue weighted by molar-refractivity contribution is -0.142. The number of likely N-dealkylation sites (tertiary alicyclic amines) is 2. The monoisotopic (exact) mass is 874 g/mol. The standard InChI is InChI=1S/C42H48F6N8O6/c1-21(2)31(51-39(59)61-7)37(57)55-19-23(5)17-29(55)35-49-27(33(53-35)41(43,44)45)15-13-25-9-11-26(12-10-25)14-16-28-34(42(46,47)48)54-36(50-28)30-18-24(6)20-56(30)38(58)32(22(3)4)52-40(60)62-8/h9-12,21-24,29-32H,17-20H2,1-8H3,(H,49,53)(H,50,54)(H,51,59)(H,52,60). The average Bonchev–Trinajstić information content (AvgIpc) is 4.01. The number of hydrogen-bond donors (Lipinski definition) is 4. The van der Waals surface area contributed by atoms with Crippen molar-refractivity contribution in [3.63, 3.8) is 0 Å². The number of benzene rings is 1. The van der Waals surface area contributed by atoms with Crippen molar-refractivity contribution in [3.05, 3.63) is 69.8 Å². The maximum Gasteiger partial charge on any atom is 0.436 e. The third-order valence-corrected chi connectivity index (χ3v) is 10.5. The highest BCUT2D eigenvalue weighted by molar-refractivity contribution is 5.87. The number of nitrogens with zero attached hydrogens (tertiary/aromatic N) is 4. The molecule has 5 rings (SSSR count). The number of methoxy groups -OCH3 is 2. The van der Waals surface area contributed by atoms with Gasteiger partial charge in [0.2, 0.25) is 11.8 Å². The molecule has 3 aromatic rings. The Bertz CT molecular complexity index is 2110. The Labute approximate surface area is 354 Å². The van der Waals surface area contributed by atoms with Gasteiger partial charge in [0, 0.05) is 24.2 Å². The summed E-state index contributed by atoms with van der Waals surface area (Å²) >= 11 is 0. The van der Waals surface area contributed by atoms with Gasteiger partial charge in [-0.1, -0.05) is 53.4 Å². The minimum absolute atomic E-state index is 0.0983. The first-order chi connectivity index (χ1) is 29.0. The summed E-state index contributed by atoms with van der Waals surface area (Å²) in [4.78, 5) is 67.0. The summed E-state index contributed by atoms with van der Waals surface area (Å²) in [5, 5.41) is 5.00. The van der Waals surface area contributed by atoms with E-state index in [1.165, 1.54) is 34.1 Å². The molecule has 0 saturated carbocycles. The van der Waals surface area contributed by atoms with Crippen LogP contribution in [0.2, 0.25) is 0 Å². The molecule has 6 atom stereocenters. The van der Waals surface area contributed by atoms with E-state index in [1.54, 1.807) is 27.7 Å². The van der Waals surface area contributed by atoms with Crippen LogP contribution >= 0.6 is 0 Å². The van der Waals surface area contributed by atoms with E-state index in [4.69, 9.17) is 0 Å². The fraction of sp³-hybridized carbons (Fsp3) is 0.524. The number of hydrogen-bond acceptors (Lipinski definition) is 8.